The van der Waals surface area contributed by atoms with Gasteiger partial charge in [-0.05, 0) is 25.8 Å². The molecule has 0 aromatic rings. The van der Waals surface area contributed by atoms with Gasteiger partial charge < -0.3 is 20.8 Å². The van der Waals surface area contributed by atoms with E-state index in [1.165, 1.54) is 12.8 Å². The maximum Gasteiger partial charge on any atom is 0.332 e. The normalized spacial score (nSPS) is 21.3. The number of nitrogens with one attached hydrogen (secondary N) is 2. The topological polar surface area (TPSA) is 98.7 Å². The lowest BCUT2D eigenvalue weighted by Crippen LogP contribution is -2.36. The Kier molecular flexibility index (Phi) is 6.67. The van der Waals surface area contributed by atoms with Crippen molar-refractivity contribution >= 4 is 11.9 Å². The van der Waals surface area contributed by atoms with E-state index in [9.17, 15) is 9.59 Å². The van der Waals surface area contributed by atoms with Crippen molar-refractivity contribution in [3.05, 3.63) is 0 Å². The molecule has 1 fully saturated rings. The molecular formula is C12H22N2O4. The van der Waals surface area contributed by atoms with Gasteiger partial charge in [0.15, 0.2) is 6.10 Å². The molecule has 18 heavy (non-hydrogen) atoms. The first-order chi connectivity index (χ1) is 8.59. The third kappa shape index (κ3) is 5.97. The number of piperidine rings is 1. The van der Waals surface area contributed by atoms with Crippen molar-refractivity contribution in [2.45, 2.75) is 50.7 Å². The Labute approximate surface area is 107 Å². The molecule has 0 saturated carbocycles. The Hall–Kier alpha value is -1.14. The summed E-state index contributed by atoms with van der Waals surface area (Å²) in [5.41, 5.74) is 0. The van der Waals surface area contributed by atoms with Crippen LogP contribution in [0.25, 0.3) is 0 Å². The van der Waals surface area contributed by atoms with Crippen molar-refractivity contribution < 1.29 is 19.8 Å². The standard InChI is InChI=1S/C12H22N2O4/c15-10(12(17)18)6-8-14-11(16)5-4-9-3-1-2-7-13-9/h9-10,13,15H,1-8H2,(H,14,16)(H,17,18)/t9?,10-/m0/s1. The van der Waals surface area contributed by atoms with E-state index in [1.807, 2.05) is 0 Å². The van der Waals surface area contributed by atoms with Crippen molar-refractivity contribution in [3.8, 4) is 0 Å². The highest BCUT2D eigenvalue weighted by Gasteiger charge is 2.15. The van der Waals surface area contributed by atoms with E-state index >= 15 is 0 Å². The molecule has 0 spiro atoms. The molecule has 1 unspecified atom stereocenters. The number of rotatable bonds is 7. The summed E-state index contributed by atoms with van der Waals surface area (Å²) < 4.78 is 0. The summed E-state index contributed by atoms with van der Waals surface area (Å²) >= 11 is 0. The quantitative estimate of drug-likeness (QED) is 0.509. The average molecular weight is 258 g/mol. The molecule has 1 amide bonds. The molecule has 1 heterocycles. The smallest absolute Gasteiger partial charge is 0.332 e. The number of aliphatic hydroxyl groups excluding tert-OH is 1. The van der Waals surface area contributed by atoms with E-state index in [1.54, 1.807) is 0 Å². The molecule has 1 rings (SSSR count). The van der Waals surface area contributed by atoms with Crippen molar-refractivity contribution in [1.82, 2.24) is 10.6 Å². The second-order valence-corrected chi connectivity index (χ2v) is 4.68. The van der Waals surface area contributed by atoms with Crippen LogP contribution in [-0.2, 0) is 9.59 Å². The van der Waals surface area contributed by atoms with Gasteiger partial charge in [0.1, 0.15) is 0 Å². The molecule has 0 radical (unpaired) electrons. The molecule has 4 N–H and O–H groups in total. The minimum absolute atomic E-state index is 0.0444. The molecule has 1 saturated heterocycles. The summed E-state index contributed by atoms with van der Waals surface area (Å²) in [6.45, 7) is 1.22. The van der Waals surface area contributed by atoms with Gasteiger partial charge in [0.25, 0.3) is 0 Å². The molecule has 0 aromatic heterocycles. The van der Waals surface area contributed by atoms with Crippen molar-refractivity contribution in [1.29, 1.82) is 0 Å². The van der Waals surface area contributed by atoms with Gasteiger partial charge in [0.2, 0.25) is 5.91 Å². The highest BCUT2D eigenvalue weighted by atomic mass is 16.4. The van der Waals surface area contributed by atoms with E-state index in [-0.39, 0.29) is 18.9 Å². The molecule has 6 heteroatoms. The van der Waals surface area contributed by atoms with E-state index in [4.69, 9.17) is 10.2 Å². The van der Waals surface area contributed by atoms with Gasteiger partial charge in [-0.15, -0.1) is 0 Å². The van der Waals surface area contributed by atoms with Crippen molar-refractivity contribution in [2.24, 2.45) is 0 Å². The third-order valence-electron chi connectivity index (χ3n) is 3.16. The Bertz CT molecular complexity index is 277. The molecule has 1 aliphatic heterocycles. The zero-order valence-electron chi connectivity index (χ0n) is 10.5. The minimum Gasteiger partial charge on any atom is -0.479 e. The number of carbonyl (C=O) groups excluding carboxylic acids is 1. The molecule has 0 bridgehead atoms. The summed E-state index contributed by atoms with van der Waals surface area (Å²) in [6.07, 6.45) is 3.44. The Morgan fingerprint density at radius 1 is 1.39 bits per heavy atom. The monoisotopic (exact) mass is 258 g/mol. The van der Waals surface area contributed by atoms with Crippen LogP contribution < -0.4 is 10.6 Å². The summed E-state index contributed by atoms with van der Waals surface area (Å²) in [5, 5.41) is 23.4. The molecule has 2 atom stereocenters. The lowest BCUT2D eigenvalue weighted by atomic mass is 10.0. The molecule has 0 aliphatic carbocycles. The van der Waals surface area contributed by atoms with E-state index in [0.717, 1.165) is 19.4 Å². The van der Waals surface area contributed by atoms with Gasteiger partial charge in [0.05, 0.1) is 0 Å². The Morgan fingerprint density at radius 2 is 2.17 bits per heavy atom. The maximum atomic E-state index is 11.5. The van der Waals surface area contributed by atoms with E-state index < -0.39 is 12.1 Å². The first-order valence-electron chi connectivity index (χ1n) is 6.50. The second-order valence-electron chi connectivity index (χ2n) is 4.68. The van der Waals surface area contributed by atoms with Gasteiger partial charge in [-0.25, -0.2) is 4.79 Å². The molecule has 1 aliphatic rings. The molecular weight excluding hydrogens is 236 g/mol. The van der Waals surface area contributed by atoms with E-state index in [2.05, 4.69) is 10.6 Å². The lowest BCUT2D eigenvalue weighted by molar-refractivity contribution is -0.147. The van der Waals surface area contributed by atoms with Crippen LogP contribution >= 0.6 is 0 Å². The summed E-state index contributed by atoms with van der Waals surface area (Å²) in [7, 11) is 0. The fourth-order valence-electron chi connectivity index (χ4n) is 2.04. The number of carboxylic acids is 1. The van der Waals surface area contributed by atoms with Crippen LogP contribution in [0, 0.1) is 0 Å². The number of aliphatic hydroxyl groups is 1. The van der Waals surface area contributed by atoms with Crippen LogP contribution in [0.5, 0.6) is 0 Å². The lowest BCUT2D eigenvalue weighted by Gasteiger charge is -2.23. The number of aliphatic carboxylic acids is 1. The molecule has 6 nitrogen and oxygen atoms in total. The zero-order valence-corrected chi connectivity index (χ0v) is 10.5. The van der Waals surface area contributed by atoms with Gasteiger partial charge in [-0.2, -0.15) is 0 Å². The summed E-state index contributed by atoms with van der Waals surface area (Å²) in [4.78, 5) is 21.8. The molecule has 0 aromatic carbocycles. The maximum absolute atomic E-state index is 11.5. The van der Waals surface area contributed by atoms with E-state index in [0.29, 0.717) is 12.5 Å². The van der Waals surface area contributed by atoms with Gasteiger partial charge in [0, 0.05) is 25.4 Å². The van der Waals surface area contributed by atoms with Crippen LogP contribution in [0.1, 0.15) is 38.5 Å². The SMILES string of the molecule is O=C(CCC1CCCCN1)NCC[C@H](O)C(=O)O. The second kappa shape index (κ2) is 8.05. The first kappa shape index (κ1) is 14.9. The number of hydrogen-bond acceptors (Lipinski definition) is 4. The number of carboxylic acid groups (broad SMARTS) is 1. The fourth-order valence-corrected chi connectivity index (χ4v) is 2.04. The molecule has 104 valence electrons. The highest BCUT2D eigenvalue weighted by Crippen LogP contribution is 2.11. The van der Waals surface area contributed by atoms with Crippen LogP contribution in [0.2, 0.25) is 0 Å². The highest BCUT2D eigenvalue weighted by molar-refractivity contribution is 5.76. The third-order valence-corrected chi connectivity index (χ3v) is 3.16. The predicted molar refractivity (Wildman–Crippen MR) is 66.1 cm³/mol. The van der Waals surface area contributed by atoms with Crippen LogP contribution in [0.15, 0.2) is 0 Å². The number of hydrogen-bond donors (Lipinski definition) is 4. The van der Waals surface area contributed by atoms with Crippen LogP contribution in [-0.4, -0.2) is 47.3 Å². The Balaban J connectivity index is 2.04. The largest absolute Gasteiger partial charge is 0.479 e. The van der Waals surface area contributed by atoms with Gasteiger partial charge in [-0.3, -0.25) is 4.79 Å². The predicted octanol–water partition coefficient (Wildman–Crippen LogP) is -0.139. The average Bonchev–Trinajstić information content (AvgIpc) is 2.37. The van der Waals surface area contributed by atoms with Gasteiger partial charge in [-0.1, -0.05) is 6.42 Å². The number of carbonyl (C=O) groups is 2. The number of amides is 1. The zero-order chi connectivity index (χ0) is 13.4. The Morgan fingerprint density at radius 3 is 2.78 bits per heavy atom. The summed E-state index contributed by atoms with van der Waals surface area (Å²) in [6, 6.07) is 0.425. The fraction of sp³-hybridized carbons (Fsp3) is 0.833. The summed E-state index contributed by atoms with van der Waals surface area (Å²) in [5.74, 6) is -1.34. The van der Waals surface area contributed by atoms with Crippen molar-refractivity contribution in [2.75, 3.05) is 13.1 Å². The van der Waals surface area contributed by atoms with Crippen molar-refractivity contribution in [3.63, 3.8) is 0 Å². The first-order valence-corrected chi connectivity index (χ1v) is 6.50. The van der Waals surface area contributed by atoms with Gasteiger partial charge >= 0.3 is 5.97 Å². The minimum atomic E-state index is -1.40. The van der Waals surface area contributed by atoms with Crippen LogP contribution in [0.3, 0.4) is 0 Å². The van der Waals surface area contributed by atoms with Crippen LogP contribution in [0.4, 0.5) is 0 Å².